The molecule has 3 aliphatic rings. The molecule has 3 heteroatoms. The van der Waals surface area contributed by atoms with Crippen LogP contribution in [0.5, 0.6) is 0 Å². The van der Waals surface area contributed by atoms with E-state index in [9.17, 15) is 5.26 Å². The van der Waals surface area contributed by atoms with Crippen LogP contribution in [0, 0.1) is 32.1 Å². The van der Waals surface area contributed by atoms with Crippen molar-refractivity contribution >= 4 is 22.7 Å². The molecule has 0 saturated carbocycles. The Morgan fingerprint density at radius 2 is 1.05 bits per heavy atom. The summed E-state index contributed by atoms with van der Waals surface area (Å²) in [6, 6.07) is 20.0. The predicted molar refractivity (Wildman–Crippen MR) is 166 cm³/mol. The molecule has 4 aromatic carbocycles. The van der Waals surface area contributed by atoms with Crippen molar-refractivity contribution in [2.75, 3.05) is 10.6 Å². The Morgan fingerprint density at radius 3 is 1.50 bits per heavy atom. The Balaban J connectivity index is 1.74. The molecule has 0 spiro atoms. The summed E-state index contributed by atoms with van der Waals surface area (Å²) in [6.45, 7) is 20.9. The van der Waals surface area contributed by atoms with Crippen LogP contribution in [-0.2, 0) is 16.2 Å². The number of anilines is 4. The fourth-order valence-electron chi connectivity index (χ4n) is 8.66. The van der Waals surface area contributed by atoms with E-state index in [1.165, 1.54) is 67.1 Å². The van der Waals surface area contributed by atoms with E-state index in [1.54, 1.807) is 0 Å². The van der Waals surface area contributed by atoms with Crippen molar-refractivity contribution in [2.45, 2.75) is 78.6 Å². The Hall–Kier alpha value is -4.03. The highest BCUT2D eigenvalue weighted by Gasteiger charge is 2.53. The lowest BCUT2D eigenvalue weighted by atomic mass is 9.59. The van der Waals surface area contributed by atoms with Gasteiger partial charge in [-0.05, 0) is 88.5 Å². The molecule has 0 bridgehead atoms. The molecular weight excluding hydrogens is 486 g/mol. The van der Waals surface area contributed by atoms with Crippen molar-refractivity contribution in [1.29, 1.82) is 5.26 Å². The van der Waals surface area contributed by atoms with Crippen LogP contribution in [0.3, 0.4) is 0 Å². The Morgan fingerprint density at radius 1 is 0.600 bits per heavy atom. The van der Waals surface area contributed by atoms with E-state index in [4.69, 9.17) is 5.73 Å². The highest BCUT2D eigenvalue weighted by molar-refractivity contribution is 6.01. The summed E-state index contributed by atoms with van der Waals surface area (Å²) in [6.07, 6.45) is 0. The molecule has 3 aliphatic heterocycles. The predicted octanol–water partition coefficient (Wildman–Crippen LogP) is 9.12. The van der Waals surface area contributed by atoms with E-state index in [-0.39, 0.29) is 16.2 Å². The van der Waals surface area contributed by atoms with Crippen molar-refractivity contribution in [3.05, 3.63) is 104 Å². The number of nitrogen functional groups attached to an aromatic ring is 1. The summed E-state index contributed by atoms with van der Waals surface area (Å²) in [5.74, 6) is 0. The molecule has 0 aliphatic carbocycles. The zero-order valence-corrected chi connectivity index (χ0v) is 25.1. The quantitative estimate of drug-likeness (QED) is 0.253. The second kappa shape index (κ2) is 7.38. The summed E-state index contributed by atoms with van der Waals surface area (Å²) < 4.78 is 0. The fourth-order valence-corrected chi connectivity index (χ4v) is 8.66. The zero-order chi connectivity index (χ0) is 28.7. The second-order valence-electron chi connectivity index (χ2n) is 13.7. The molecule has 3 nitrogen and oxygen atoms in total. The van der Waals surface area contributed by atoms with Gasteiger partial charge in [0.15, 0.2) is 0 Å². The Labute approximate surface area is 238 Å². The minimum Gasteiger partial charge on any atom is -0.398 e. The van der Waals surface area contributed by atoms with Gasteiger partial charge in [0.05, 0.1) is 28.7 Å². The highest BCUT2D eigenvalue weighted by atomic mass is 15.2. The summed E-state index contributed by atoms with van der Waals surface area (Å²) in [4.78, 5) is 2.62. The van der Waals surface area contributed by atoms with Gasteiger partial charge in [-0.15, -0.1) is 0 Å². The first kappa shape index (κ1) is 25.0. The van der Waals surface area contributed by atoms with E-state index in [0.29, 0.717) is 5.56 Å². The number of nitriles is 1. The number of hydrogen-bond acceptors (Lipinski definition) is 3. The smallest absolute Gasteiger partial charge is 0.0994 e. The second-order valence-corrected chi connectivity index (χ2v) is 13.7. The van der Waals surface area contributed by atoms with Gasteiger partial charge in [-0.1, -0.05) is 77.9 Å². The average Bonchev–Trinajstić information content (AvgIpc) is 2.89. The number of rotatable bonds is 1. The van der Waals surface area contributed by atoms with Gasteiger partial charge in [-0.3, -0.25) is 0 Å². The lowest BCUT2D eigenvalue weighted by Crippen LogP contribution is -2.44. The van der Waals surface area contributed by atoms with Crippen LogP contribution in [0.1, 0.15) is 97.2 Å². The lowest BCUT2D eigenvalue weighted by molar-refractivity contribution is 0.563. The highest BCUT2D eigenvalue weighted by Crippen LogP contribution is 2.67. The summed E-state index contributed by atoms with van der Waals surface area (Å²) in [7, 11) is 0. The van der Waals surface area contributed by atoms with E-state index in [2.05, 4.69) is 103 Å². The van der Waals surface area contributed by atoms with Crippen LogP contribution in [0.15, 0.2) is 48.5 Å². The van der Waals surface area contributed by atoms with Crippen molar-refractivity contribution in [3.8, 4) is 17.2 Å². The fraction of sp³-hybridized carbons (Fsp3) is 0.324. The molecule has 3 heterocycles. The molecule has 0 unspecified atom stereocenters. The molecule has 0 radical (unpaired) electrons. The SMILES string of the molecule is Cc1c(C#N)ccc(N)c1-c1c(C)c2c3c(c1C)C(C)(C)c1cccc4c1N3c1c(cccc1C2(C)C)C4(C)C. The first-order valence-electron chi connectivity index (χ1n) is 14.3. The lowest BCUT2D eigenvalue weighted by Gasteiger charge is -2.56. The average molecular weight is 524 g/mol. The third-order valence-corrected chi connectivity index (χ3v) is 10.5. The van der Waals surface area contributed by atoms with Gasteiger partial charge in [0.2, 0.25) is 0 Å². The zero-order valence-electron chi connectivity index (χ0n) is 25.1. The van der Waals surface area contributed by atoms with Crippen LogP contribution >= 0.6 is 0 Å². The first-order valence-corrected chi connectivity index (χ1v) is 14.3. The number of para-hydroxylation sites is 2. The van der Waals surface area contributed by atoms with Crippen LogP contribution in [0.25, 0.3) is 11.1 Å². The number of benzene rings is 4. The van der Waals surface area contributed by atoms with Crippen LogP contribution in [-0.4, -0.2) is 0 Å². The minimum atomic E-state index is -0.232. The van der Waals surface area contributed by atoms with Gasteiger partial charge in [0.1, 0.15) is 0 Å². The number of nitrogens with zero attached hydrogens (tertiary/aromatic N) is 2. The van der Waals surface area contributed by atoms with Crippen molar-refractivity contribution in [1.82, 2.24) is 0 Å². The van der Waals surface area contributed by atoms with E-state index in [0.717, 1.165) is 16.8 Å². The molecular formula is C37H37N3. The van der Waals surface area contributed by atoms with Gasteiger partial charge < -0.3 is 10.6 Å². The monoisotopic (exact) mass is 523 g/mol. The minimum absolute atomic E-state index is 0.109. The third kappa shape index (κ3) is 2.61. The van der Waals surface area contributed by atoms with Gasteiger partial charge in [-0.2, -0.15) is 5.26 Å². The first-order chi connectivity index (χ1) is 18.8. The normalized spacial score (nSPS) is 17.8. The number of nitrogens with two attached hydrogens (primary N) is 1. The maximum atomic E-state index is 9.92. The number of hydrogen-bond donors (Lipinski definition) is 1. The Kier molecular flexibility index (Phi) is 4.60. The summed E-state index contributed by atoms with van der Waals surface area (Å²) >= 11 is 0. The van der Waals surface area contributed by atoms with Crippen molar-refractivity contribution < 1.29 is 0 Å². The molecule has 40 heavy (non-hydrogen) atoms. The van der Waals surface area contributed by atoms with Crippen LogP contribution < -0.4 is 10.6 Å². The maximum Gasteiger partial charge on any atom is 0.0994 e. The van der Waals surface area contributed by atoms with Crippen molar-refractivity contribution in [3.63, 3.8) is 0 Å². The van der Waals surface area contributed by atoms with E-state index >= 15 is 0 Å². The van der Waals surface area contributed by atoms with Crippen LogP contribution in [0.2, 0.25) is 0 Å². The molecule has 0 saturated heterocycles. The van der Waals surface area contributed by atoms with Crippen molar-refractivity contribution in [2.24, 2.45) is 0 Å². The largest absolute Gasteiger partial charge is 0.398 e. The van der Waals surface area contributed by atoms with Gasteiger partial charge in [-0.25, -0.2) is 0 Å². The molecule has 4 aromatic rings. The third-order valence-electron chi connectivity index (χ3n) is 10.5. The van der Waals surface area contributed by atoms with Gasteiger partial charge in [0.25, 0.3) is 0 Å². The molecule has 0 aromatic heterocycles. The molecule has 7 rings (SSSR count). The maximum absolute atomic E-state index is 9.92. The topological polar surface area (TPSA) is 53.1 Å². The summed E-state index contributed by atoms with van der Waals surface area (Å²) in [5, 5.41) is 9.92. The molecule has 0 fully saturated rings. The van der Waals surface area contributed by atoms with E-state index in [1.807, 2.05) is 19.1 Å². The molecule has 0 atom stereocenters. The van der Waals surface area contributed by atoms with E-state index < -0.39 is 0 Å². The van der Waals surface area contributed by atoms with Gasteiger partial charge >= 0.3 is 0 Å². The Bertz CT molecular complexity index is 1780. The summed E-state index contributed by atoms with van der Waals surface area (Å²) in [5.41, 5.74) is 25.5. The molecule has 2 N–H and O–H groups in total. The molecule has 200 valence electrons. The van der Waals surface area contributed by atoms with Gasteiger partial charge in [0, 0.05) is 27.5 Å². The molecule has 0 amide bonds. The van der Waals surface area contributed by atoms with Crippen LogP contribution in [0.4, 0.5) is 22.7 Å². The standard InChI is InChI=1S/C37H37N3/c1-19-22(18-38)16-17-27(39)29(19)28-20(2)30-34-31(21(28)3)37(8,9)26-15-11-13-24-33(26)40(34)32-23(35(24,4)5)12-10-14-25(32)36(30,6)7/h10-17H,39H2,1-9H3.